The van der Waals surface area contributed by atoms with Crippen LogP contribution in [0.4, 0.5) is 0 Å². The Hall–Kier alpha value is -3.18. The molecule has 0 unspecified atom stereocenters. The first-order chi connectivity index (χ1) is 14.0. The number of hydrogen-bond acceptors (Lipinski definition) is 3. The second kappa shape index (κ2) is 7.68. The van der Waals surface area contributed by atoms with E-state index in [1.54, 1.807) is 0 Å². The van der Waals surface area contributed by atoms with Crippen molar-refractivity contribution in [1.82, 2.24) is 19.7 Å². The van der Waals surface area contributed by atoms with Gasteiger partial charge in [0.15, 0.2) is 5.78 Å². The van der Waals surface area contributed by atoms with Crippen molar-refractivity contribution in [2.45, 2.75) is 33.4 Å². The van der Waals surface area contributed by atoms with Gasteiger partial charge in [-0.2, -0.15) is 5.10 Å². The minimum Gasteiger partial charge on any atom is -0.360 e. The molecule has 0 radical (unpaired) electrons. The van der Waals surface area contributed by atoms with E-state index in [4.69, 9.17) is 5.10 Å². The van der Waals surface area contributed by atoms with Gasteiger partial charge in [0.2, 0.25) is 0 Å². The van der Waals surface area contributed by atoms with E-state index >= 15 is 0 Å². The Morgan fingerprint density at radius 2 is 1.79 bits per heavy atom. The normalized spacial score (nSPS) is 12.6. The smallest absolute Gasteiger partial charge is 0.181 e. The van der Waals surface area contributed by atoms with Crippen LogP contribution in [-0.4, -0.2) is 38.5 Å². The lowest BCUT2D eigenvalue weighted by Crippen LogP contribution is -2.35. The molecule has 0 spiro atoms. The number of carbonyl (C=O) groups excluding carboxylic acids is 1. The standard InChI is InChI=1S/C24H26N4O/c1-16-22(17(2)28(26-16)19-10-6-5-7-11-19)15-27(4)18(3)24(29)21-14-25-23-13-9-8-12-20(21)23/h5-14,18,25H,15H2,1-4H3/t18-/m0/s1. The average Bonchev–Trinajstić information content (AvgIpc) is 3.29. The first-order valence-corrected chi connectivity index (χ1v) is 9.88. The van der Waals surface area contributed by atoms with Gasteiger partial charge in [0.05, 0.1) is 17.4 Å². The van der Waals surface area contributed by atoms with Crippen LogP contribution in [-0.2, 0) is 6.54 Å². The first-order valence-electron chi connectivity index (χ1n) is 9.88. The molecule has 29 heavy (non-hydrogen) atoms. The van der Waals surface area contributed by atoms with Gasteiger partial charge < -0.3 is 4.98 Å². The lowest BCUT2D eigenvalue weighted by molar-refractivity contribution is 0.0863. The molecule has 0 amide bonds. The van der Waals surface area contributed by atoms with E-state index in [-0.39, 0.29) is 11.8 Å². The highest BCUT2D eigenvalue weighted by molar-refractivity contribution is 6.10. The summed E-state index contributed by atoms with van der Waals surface area (Å²) in [7, 11) is 2.00. The Balaban J connectivity index is 1.57. The van der Waals surface area contributed by atoms with Crippen molar-refractivity contribution in [3.63, 3.8) is 0 Å². The number of ketones is 1. The monoisotopic (exact) mass is 386 g/mol. The maximum Gasteiger partial charge on any atom is 0.181 e. The van der Waals surface area contributed by atoms with Gasteiger partial charge in [-0.25, -0.2) is 4.68 Å². The highest BCUT2D eigenvalue weighted by Gasteiger charge is 2.24. The summed E-state index contributed by atoms with van der Waals surface area (Å²) in [5.41, 5.74) is 6.03. The van der Waals surface area contributed by atoms with Crippen molar-refractivity contribution in [1.29, 1.82) is 0 Å². The zero-order valence-electron chi connectivity index (χ0n) is 17.3. The van der Waals surface area contributed by atoms with Crippen LogP contribution in [0, 0.1) is 13.8 Å². The van der Waals surface area contributed by atoms with E-state index < -0.39 is 0 Å². The van der Waals surface area contributed by atoms with Crippen LogP contribution < -0.4 is 0 Å². The largest absolute Gasteiger partial charge is 0.360 e. The molecule has 148 valence electrons. The van der Waals surface area contributed by atoms with Crippen LogP contribution in [0.3, 0.4) is 0 Å². The summed E-state index contributed by atoms with van der Waals surface area (Å²) in [6, 6.07) is 17.8. The highest BCUT2D eigenvalue weighted by atomic mass is 16.1. The van der Waals surface area contributed by atoms with Crippen LogP contribution in [0.2, 0.25) is 0 Å². The van der Waals surface area contributed by atoms with E-state index in [1.165, 1.54) is 0 Å². The molecule has 0 aliphatic carbocycles. The predicted octanol–water partition coefficient (Wildman–Crippen LogP) is 4.67. The molecular formula is C24H26N4O. The summed E-state index contributed by atoms with van der Waals surface area (Å²) >= 11 is 0. The molecule has 2 aromatic heterocycles. The molecule has 0 aliphatic heterocycles. The van der Waals surface area contributed by atoms with Crippen molar-refractivity contribution < 1.29 is 4.79 Å². The maximum atomic E-state index is 13.2. The summed E-state index contributed by atoms with van der Waals surface area (Å²) in [4.78, 5) is 18.5. The molecule has 1 N–H and O–H groups in total. The number of likely N-dealkylation sites (N-methyl/N-ethyl adjacent to an activating group) is 1. The Kier molecular flexibility index (Phi) is 5.07. The molecule has 0 saturated carbocycles. The first kappa shape index (κ1) is 19.2. The van der Waals surface area contributed by atoms with Crippen molar-refractivity contribution >= 4 is 16.7 Å². The van der Waals surface area contributed by atoms with Crippen LogP contribution in [0.15, 0.2) is 60.8 Å². The molecule has 0 saturated heterocycles. The molecular weight excluding hydrogens is 360 g/mol. The van der Waals surface area contributed by atoms with Gasteiger partial charge in [0, 0.05) is 40.5 Å². The number of aromatic amines is 1. The van der Waals surface area contributed by atoms with Crippen LogP contribution in [0.1, 0.15) is 34.2 Å². The van der Waals surface area contributed by atoms with Crippen molar-refractivity contribution in [3.8, 4) is 5.69 Å². The summed E-state index contributed by atoms with van der Waals surface area (Å²) in [6.45, 7) is 6.75. The second-order valence-corrected chi connectivity index (χ2v) is 7.60. The summed E-state index contributed by atoms with van der Waals surface area (Å²) in [5.74, 6) is 0.121. The number of hydrogen-bond donors (Lipinski definition) is 1. The van der Waals surface area contributed by atoms with E-state index in [2.05, 4.69) is 28.9 Å². The number of aryl methyl sites for hydroxylation is 1. The summed E-state index contributed by atoms with van der Waals surface area (Å²) in [6.07, 6.45) is 1.82. The third kappa shape index (κ3) is 3.49. The van der Waals surface area contributed by atoms with Gasteiger partial charge in [0.25, 0.3) is 0 Å². The van der Waals surface area contributed by atoms with Gasteiger partial charge in [-0.15, -0.1) is 0 Å². The molecule has 0 fully saturated rings. The number of carbonyl (C=O) groups is 1. The van der Waals surface area contributed by atoms with Crippen molar-refractivity contribution in [3.05, 3.63) is 83.3 Å². The van der Waals surface area contributed by atoms with Gasteiger partial charge in [-0.1, -0.05) is 36.4 Å². The molecule has 0 bridgehead atoms. The second-order valence-electron chi connectivity index (χ2n) is 7.60. The molecule has 5 nitrogen and oxygen atoms in total. The minimum atomic E-state index is -0.243. The molecule has 2 heterocycles. The van der Waals surface area contributed by atoms with Gasteiger partial charge >= 0.3 is 0 Å². The fourth-order valence-electron chi connectivity index (χ4n) is 3.81. The zero-order valence-corrected chi connectivity index (χ0v) is 17.3. The highest BCUT2D eigenvalue weighted by Crippen LogP contribution is 2.23. The van der Waals surface area contributed by atoms with Crippen LogP contribution in [0.25, 0.3) is 16.6 Å². The number of benzene rings is 2. The Labute approximate surface area is 171 Å². The Bertz CT molecular complexity index is 1160. The summed E-state index contributed by atoms with van der Waals surface area (Å²) in [5, 5.41) is 5.70. The maximum absolute atomic E-state index is 13.2. The van der Waals surface area contributed by atoms with E-state index in [0.29, 0.717) is 6.54 Å². The molecule has 0 aliphatic rings. The van der Waals surface area contributed by atoms with Crippen molar-refractivity contribution in [2.24, 2.45) is 0 Å². The zero-order chi connectivity index (χ0) is 20.5. The molecule has 4 aromatic rings. The Morgan fingerprint density at radius 3 is 2.55 bits per heavy atom. The average molecular weight is 386 g/mol. The van der Waals surface area contributed by atoms with Gasteiger partial charge in [0.1, 0.15) is 0 Å². The number of nitrogens with zero attached hydrogens (tertiary/aromatic N) is 3. The number of rotatable bonds is 6. The van der Waals surface area contributed by atoms with Crippen molar-refractivity contribution in [2.75, 3.05) is 7.05 Å². The molecule has 4 rings (SSSR count). The van der Waals surface area contributed by atoms with E-state index in [0.717, 1.165) is 39.1 Å². The lowest BCUT2D eigenvalue weighted by Gasteiger charge is -2.23. The molecule has 2 aromatic carbocycles. The van der Waals surface area contributed by atoms with Crippen LogP contribution in [0.5, 0.6) is 0 Å². The van der Waals surface area contributed by atoms with E-state index in [9.17, 15) is 4.79 Å². The number of Topliss-reactive ketones (excluding diaryl/α,β-unsaturated/α-hetero) is 1. The summed E-state index contributed by atoms with van der Waals surface area (Å²) < 4.78 is 1.98. The molecule has 1 atom stereocenters. The third-order valence-corrected chi connectivity index (χ3v) is 5.74. The van der Waals surface area contributed by atoms with Gasteiger partial charge in [-0.3, -0.25) is 9.69 Å². The number of H-pyrrole nitrogens is 1. The number of para-hydroxylation sites is 2. The Morgan fingerprint density at radius 1 is 1.10 bits per heavy atom. The predicted molar refractivity (Wildman–Crippen MR) is 117 cm³/mol. The number of fused-ring (bicyclic) bond motifs is 1. The minimum absolute atomic E-state index is 0.121. The number of nitrogens with one attached hydrogen (secondary N) is 1. The fourth-order valence-corrected chi connectivity index (χ4v) is 3.81. The quantitative estimate of drug-likeness (QED) is 0.490. The lowest BCUT2D eigenvalue weighted by atomic mass is 10.0. The fraction of sp³-hybridized carbons (Fsp3) is 0.250. The van der Waals surface area contributed by atoms with Crippen LogP contribution >= 0.6 is 0 Å². The third-order valence-electron chi connectivity index (χ3n) is 5.74. The molecule has 5 heteroatoms. The van der Waals surface area contributed by atoms with Gasteiger partial charge in [-0.05, 0) is 46.0 Å². The number of aromatic nitrogens is 3. The SMILES string of the molecule is Cc1nn(-c2ccccc2)c(C)c1CN(C)[C@@H](C)C(=O)c1c[nH]c2ccccc12. The van der Waals surface area contributed by atoms with E-state index in [1.807, 2.05) is 74.2 Å². The topological polar surface area (TPSA) is 53.9 Å².